The van der Waals surface area contributed by atoms with Crippen LogP contribution in [0, 0.1) is 11.7 Å². The molecule has 168 valence electrons. The Labute approximate surface area is 197 Å². The molecule has 0 bridgehead atoms. The first kappa shape index (κ1) is 21.7. The number of carbonyl (C=O) groups is 1. The van der Waals surface area contributed by atoms with Gasteiger partial charge in [0.2, 0.25) is 5.91 Å². The summed E-state index contributed by atoms with van der Waals surface area (Å²) in [7, 11) is 0. The summed E-state index contributed by atoms with van der Waals surface area (Å²) in [6, 6.07) is 21.1. The van der Waals surface area contributed by atoms with Crippen LogP contribution in [0.1, 0.15) is 38.1 Å². The molecule has 1 amide bonds. The Bertz CT molecular complexity index is 1280. The van der Waals surface area contributed by atoms with Crippen LogP contribution in [0.5, 0.6) is 0 Å². The predicted octanol–water partition coefficient (Wildman–Crippen LogP) is 7.26. The van der Waals surface area contributed by atoms with Crippen LogP contribution in [-0.4, -0.2) is 15.5 Å². The lowest BCUT2D eigenvalue weighted by Gasteiger charge is -2.32. The number of rotatable bonds is 5. The first-order valence-electron chi connectivity index (χ1n) is 11.4. The number of amides is 1. The Morgan fingerprint density at radius 1 is 0.970 bits per heavy atom. The van der Waals surface area contributed by atoms with E-state index < -0.39 is 11.9 Å². The van der Waals surface area contributed by atoms with Crippen molar-refractivity contribution in [3.8, 4) is 11.4 Å². The van der Waals surface area contributed by atoms with Crippen LogP contribution in [0.4, 0.5) is 10.1 Å². The van der Waals surface area contributed by atoms with Crippen molar-refractivity contribution < 1.29 is 9.18 Å². The second-order valence-corrected chi connectivity index (χ2v) is 9.05. The Morgan fingerprint density at radius 3 is 2.42 bits per heavy atom. The molecule has 0 aliphatic heterocycles. The largest absolute Gasteiger partial charge is 0.322 e. The van der Waals surface area contributed by atoms with E-state index >= 15 is 0 Å². The van der Waals surface area contributed by atoms with Gasteiger partial charge in [-0.2, -0.15) is 0 Å². The fraction of sp³-hybridized carbons (Fsp3) is 0.259. The quantitative estimate of drug-likeness (QED) is 0.340. The number of halogens is 2. The number of benzene rings is 3. The van der Waals surface area contributed by atoms with E-state index in [1.165, 1.54) is 12.5 Å². The van der Waals surface area contributed by atoms with Crippen molar-refractivity contribution in [1.29, 1.82) is 0 Å². The van der Waals surface area contributed by atoms with E-state index in [1.807, 2.05) is 53.1 Å². The molecule has 4 aromatic rings. The summed E-state index contributed by atoms with van der Waals surface area (Å²) in [4.78, 5) is 18.7. The number of para-hydroxylation sites is 3. The molecule has 0 radical (unpaired) electrons. The van der Waals surface area contributed by atoms with Crippen LogP contribution in [0.25, 0.3) is 22.4 Å². The Hall–Kier alpha value is -3.18. The summed E-state index contributed by atoms with van der Waals surface area (Å²) < 4.78 is 16.4. The topological polar surface area (TPSA) is 46.9 Å². The number of imidazole rings is 1. The minimum atomic E-state index is -0.511. The van der Waals surface area contributed by atoms with Gasteiger partial charge in [-0.05, 0) is 67.3 Å². The second kappa shape index (κ2) is 9.36. The summed E-state index contributed by atoms with van der Waals surface area (Å²) in [5.41, 5.74) is 2.79. The Balaban J connectivity index is 1.66. The van der Waals surface area contributed by atoms with Crippen LogP contribution >= 0.6 is 11.6 Å². The molecular formula is C27H25ClFN3O. The Morgan fingerprint density at radius 2 is 1.67 bits per heavy atom. The van der Waals surface area contributed by atoms with Crippen LogP contribution in [0.15, 0.2) is 72.8 Å². The molecule has 1 aliphatic carbocycles. The van der Waals surface area contributed by atoms with Gasteiger partial charge in [0.05, 0.1) is 16.7 Å². The van der Waals surface area contributed by atoms with Gasteiger partial charge in [-0.3, -0.25) is 4.79 Å². The highest BCUT2D eigenvalue weighted by molar-refractivity contribution is 6.30. The third-order valence-electron chi connectivity index (χ3n) is 6.47. The minimum Gasteiger partial charge on any atom is -0.322 e. The normalized spacial score (nSPS) is 15.5. The molecule has 1 saturated carbocycles. The molecule has 1 aromatic heterocycles. The number of fused-ring (bicyclic) bond motifs is 1. The predicted molar refractivity (Wildman–Crippen MR) is 131 cm³/mol. The van der Waals surface area contributed by atoms with Crippen LogP contribution in [0.3, 0.4) is 0 Å². The van der Waals surface area contributed by atoms with Gasteiger partial charge >= 0.3 is 0 Å². The maximum absolute atomic E-state index is 14.4. The summed E-state index contributed by atoms with van der Waals surface area (Å²) >= 11 is 6.13. The molecule has 1 unspecified atom stereocenters. The smallest absolute Gasteiger partial charge is 0.247 e. The number of anilines is 1. The van der Waals surface area contributed by atoms with Crippen LogP contribution in [-0.2, 0) is 4.79 Å². The zero-order chi connectivity index (χ0) is 22.8. The van der Waals surface area contributed by atoms with Gasteiger partial charge in [0.25, 0.3) is 0 Å². The molecule has 1 N–H and O–H groups in total. The van der Waals surface area contributed by atoms with Crippen LogP contribution < -0.4 is 5.32 Å². The minimum absolute atomic E-state index is 0.133. The van der Waals surface area contributed by atoms with Gasteiger partial charge in [-0.15, -0.1) is 0 Å². The second-order valence-electron chi connectivity index (χ2n) is 8.61. The molecule has 0 spiro atoms. The average Bonchev–Trinajstić information content (AvgIpc) is 3.21. The van der Waals surface area contributed by atoms with E-state index in [-0.39, 0.29) is 17.5 Å². The molecule has 4 nitrogen and oxygen atoms in total. The molecule has 5 rings (SSSR count). The van der Waals surface area contributed by atoms with E-state index in [0.717, 1.165) is 42.3 Å². The van der Waals surface area contributed by atoms with Crippen molar-refractivity contribution >= 4 is 34.2 Å². The molecule has 1 heterocycles. The molecule has 33 heavy (non-hydrogen) atoms. The van der Waals surface area contributed by atoms with Crippen molar-refractivity contribution in [1.82, 2.24) is 9.55 Å². The highest BCUT2D eigenvalue weighted by Gasteiger charge is 2.34. The van der Waals surface area contributed by atoms with Crippen molar-refractivity contribution in [3.05, 3.63) is 83.6 Å². The van der Waals surface area contributed by atoms with Crippen LogP contribution in [0.2, 0.25) is 5.02 Å². The third-order valence-corrected chi connectivity index (χ3v) is 6.73. The fourth-order valence-corrected chi connectivity index (χ4v) is 5.02. The summed E-state index contributed by atoms with van der Waals surface area (Å²) in [6.45, 7) is 0. The van der Waals surface area contributed by atoms with Gasteiger partial charge in [0.15, 0.2) is 0 Å². The summed E-state index contributed by atoms with van der Waals surface area (Å²) in [5, 5.41) is 3.51. The molecule has 0 saturated heterocycles. The molecule has 1 aliphatic rings. The van der Waals surface area contributed by atoms with Gasteiger partial charge in [0, 0.05) is 10.6 Å². The van der Waals surface area contributed by atoms with E-state index in [2.05, 4.69) is 5.32 Å². The zero-order valence-corrected chi connectivity index (χ0v) is 18.9. The molecular weight excluding hydrogens is 437 g/mol. The zero-order valence-electron chi connectivity index (χ0n) is 18.2. The summed E-state index contributed by atoms with van der Waals surface area (Å²) in [5.74, 6) is 0.188. The Kier molecular flexibility index (Phi) is 6.14. The lowest BCUT2D eigenvalue weighted by molar-refractivity contribution is -0.121. The first-order valence-corrected chi connectivity index (χ1v) is 11.8. The number of hydrogen-bond donors (Lipinski definition) is 1. The number of carbonyl (C=O) groups excluding carboxylic acids is 1. The lowest BCUT2D eigenvalue weighted by atomic mass is 9.83. The molecule has 1 fully saturated rings. The van der Waals surface area contributed by atoms with Gasteiger partial charge in [0.1, 0.15) is 17.7 Å². The number of nitrogens with one attached hydrogen (secondary N) is 1. The summed E-state index contributed by atoms with van der Waals surface area (Å²) in [6.07, 6.45) is 5.23. The third kappa shape index (κ3) is 4.38. The van der Waals surface area contributed by atoms with Crippen molar-refractivity contribution in [3.63, 3.8) is 0 Å². The molecule has 1 atom stereocenters. The average molecular weight is 462 g/mol. The highest BCUT2D eigenvalue weighted by Crippen LogP contribution is 2.39. The van der Waals surface area contributed by atoms with Gasteiger partial charge in [-0.25, -0.2) is 9.37 Å². The van der Waals surface area contributed by atoms with E-state index in [9.17, 15) is 9.18 Å². The SMILES string of the molecule is O=C(Nc1ccccc1F)C(C1CCCCC1)n1c(-c2ccc(Cl)cc2)nc2ccccc21. The lowest BCUT2D eigenvalue weighted by Crippen LogP contribution is -2.34. The molecule has 3 aromatic carbocycles. The highest BCUT2D eigenvalue weighted by atomic mass is 35.5. The van der Waals surface area contributed by atoms with Gasteiger partial charge < -0.3 is 9.88 Å². The monoisotopic (exact) mass is 461 g/mol. The first-order chi connectivity index (χ1) is 16.1. The van der Waals surface area contributed by atoms with E-state index in [0.29, 0.717) is 10.8 Å². The van der Waals surface area contributed by atoms with E-state index in [4.69, 9.17) is 16.6 Å². The maximum Gasteiger partial charge on any atom is 0.247 e. The standard InChI is InChI=1S/C27H25ClFN3O/c28-20-16-14-19(15-17-20)26-30-23-12-6-7-13-24(23)32(26)25(18-8-2-1-3-9-18)27(33)31-22-11-5-4-10-21(22)29/h4-7,10-18,25H,1-3,8-9H2,(H,31,33). The number of aromatic nitrogens is 2. The van der Waals surface area contributed by atoms with E-state index in [1.54, 1.807) is 18.2 Å². The maximum atomic E-state index is 14.4. The van der Waals surface area contributed by atoms with Gasteiger partial charge in [-0.1, -0.05) is 55.1 Å². The number of nitrogens with zero attached hydrogens (tertiary/aromatic N) is 2. The van der Waals surface area contributed by atoms with Crippen molar-refractivity contribution in [2.24, 2.45) is 5.92 Å². The fourth-order valence-electron chi connectivity index (χ4n) is 4.89. The molecule has 6 heteroatoms. The number of hydrogen-bond acceptors (Lipinski definition) is 2. The van der Waals surface area contributed by atoms with Crippen molar-refractivity contribution in [2.75, 3.05) is 5.32 Å². The van der Waals surface area contributed by atoms with Crippen molar-refractivity contribution in [2.45, 2.75) is 38.1 Å².